The van der Waals surface area contributed by atoms with Gasteiger partial charge in [-0.2, -0.15) is 0 Å². The van der Waals surface area contributed by atoms with Gasteiger partial charge in [-0.05, 0) is 67.3 Å². The van der Waals surface area contributed by atoms with E-state index in [1.54, 1.807) is 13.8 Å². The maximum Gasteiger partial charge on any atom is 0.309 e. The van der Waals surface area contributed by atoms with Gasteiger partial charge in [0, 0.05) is 29.2 Å². The van der Waals surface area contributed by atoms with Crippen LogP contribution in [0.4, 0.5) is 0 Å². The van der Waals surface area contributed by atoms with E-state index in [0.717, 1.165) is 27.7 Å². The second kappa shape index (κ2) is 10.1. The number of benzene rings is 3. The van der Waals surface area contributed by atoms with Crippen molar-refractivity contribution >= 4 is 39.6 Å². The van der Waals surface area contributed by atoms with Gasteiger partial charge in [-0.15, -0.1) is 0 Å². The van der Waals surface area contributed by atoms with Crippen LogP contribution in [0.3, 0.4) is 0 Å². The zero-order valence-electron chi connectivity index (χ0n) is 20.4. The summed E-state index contributed by atoms with van der Waals surface area (Å²) in [5.74, 6) is -0.587. The van der Waals surface area contributed by atoms with Crippen LogP contribution in [-0.4, -0.2) is 20.2 Å². The lowest BCUT2D eigenvalue weighted by molar-refractivity contribution is -0.146. The summed E-state index contributed by atoms with van der Waals surface area (Å²) in [7, 11) is 0. The number of aromatic nitrogens is 1. The van der Waals surface area contributed by atoms with Gasteiger partial charge >= 0.3 is 5.97 Å². The van der Waals surface area contributed by atoms with Gasteiger partial charge in [0.25, 0.3) is 0 Å². The minimum atomic E-state index is -1.48. The molecule has 182 valence electrons. The number of hydrogen-bond donors (Lipinski definition) is 1. The molecule has 4 aromatic rings. The number of aliphatic carboxylic acids is 1. The fourth-order valence-electron chi connectivity index (χ4n) is 4.25. The number of carbonyl (C=O) groups is 1. The third kappa shape index (κ3) is 5.27. The summed E-state index contributed by atoms with van der Waals surface area (Å²) in [6.07, 6.45) is 0.246. The Morgan fingerprint density at radius 3 is 2.31 bits per heavy atom. The molecule has 1 N–H and O–H groups in total. The Morgan fingerprint density at radius 2 is 1.71 bits per heavy atom. The average molecular weight is 508 g/mol. The fourth-order valence-corrected chi connectivity index (χ4v) is 5.77. The average Bonchev–Trinajstić information content (AvgIpc) is 3.12. The van der Waals surface area contributed by atoms with Crippen molar-refractivity contribution in [1.82, 2.24) is 4.57 Å². The Labute approximate surface area is 214 Å². The zero-order chi connectivity index (χ0) is 25.3. The van der Waals surface area contributed by atoms with Gasteiger partial charge in [0.15, 0.2) is 9.79 Å². The molecule has 1 unspecified atom stereocenters. The lowest BCUT2D eigenvalue weighted by atomic mass is 9.88. The largest absolute Gasteiger partial charge is 0.606 e. The molecule has 6 heteroatoms. The molecular weight excluding hydrogens is 478 g/mol. The lowest BCUT2D eigenvalue weighted by Gasteiger charge is -2.22. The SMILES string of the molecule is CC(C)c1ccc2c(c1)c([S+]([O-])c1ccccc1)c(CC(C)(C)C(=O)O)n2Cc1ccc(Cl)cc1. The van der Waals surface area contributed by atoms with E-state index < -0.39 is 22.6 Å². The van der Waals surface area contributed by atoms with Crippen LogP contribution < -0.4 is 0 Å². The van der Waals surface area contributed by atoms with Gasteiger partial charge in [-0.3, -0.25) is 4.79 Å². The quantitative estimate of drug-likeness (QED) is 0.255. The minimum Gasteiger partial charge on any atom is -0.606 e. The summed E-state index contributed by atoms with van der Waals surface area (Å²) in [6, 6.07) is 23.3. The van der Waals surface area contributed by atoms with Gasteiger partial charge in [-0.1, -0.05) is 61.8 Å². The van der Waals surface area contributed by atoms with Crippen molar-refractivity contribution in [3.05, 3.63) is 94.6 Å². The van der Waals surface area contributed by atoms with Crippen LogP contribution >= 0.6 is 11.6 Å². The molecule has 0 bridgehead atoms. The standard InChI is InChI=1S/C29H30ClNO3S/c1-19(2)21-12-15-25-24(16-21)27(35(34)23-8-6-5-7-9-23)26(17-29(3,4)28(32)33)31(25)18-20-10-13-22(30)14-11-20/h5-16,19H,17-18H2,1-4H3,(H,32,33). The second-order valence-corrected chi connectivity index (χ2v) is 11.7. The topological polar surface area (TPSA) is 65.3 Å². The molecule has 1 heterocycles. The second-order valence-electron chi connectivity index (χ2n) is 9.87. The highest BCUT2D eigenvalue weighted by molar-refractivity contribution is 7.91. The zero-order valence-corrected chi connectivity index (χ0v) is 22.0. The number of nitrogens with zero attached hydrogens (tertiary/aromatic N) is 1. The molecule has 0 aliphatic carbocycles. The van der Waals surface area contributed by atoms with Crippen molar-refractivity contribution in [2.24, 2.45) is 5.41 Å². The molecule has 0 saturated carbocycles. The first-order valence-corrected chi connectivity index (χ1v) is 13.2. The van der Waals surface area contributed by atoms with Crippen molar-refractivity contribution < 1.29 is 14.5 Å². The Balaban J connectivity index is 2.01. The molecule has 4 nitrogen and oxygen atoms in total. The van der Waals surface area contributed by atoms with Gasteiger partial charge in [0.05, 0.1) is 22.0 Å². The highest BCUT2D eigenvalue weighted by Gasteiger charge is 2.35. The van der Waals surface area contributed by atoms with E-state index in [0.29, 0.717) is 27.3 Å². The van der Waals surface area contributed by atoms with Gasteiger partial charge in [0.2, 0.25) is 0 Å². The molecule has 0 fully saturated rings. The molecule has 0 aliphatic heterocycles. The van der Waals surface area contributed by atoms with Gasteiger partial charge < -0.3 is 14.2 Å². The first-order chi connectivity index (χ1) is 16.6. The number of rotatable bonds is 8. The molecule has 0 saturated heterocycles. The molecule has 0 radical (unpaired) electrons. The van der Waals surface area contributed by atoms with Crippen LogP contribution in [0.5, 0.6) is 0 Å². The van der Waals surface area contributed by atoms with E-state index in [9.17, 15) is 14.5 Å². The number of halogens is 1. The van der Waals surface area contributed by atoms with E-state index in [-0.39, 0.29) is 6.42 Å². The Bertz CT molecular complexity index is 1340. The number of carboxylic acid groups (broad SMARTS) is 1. The molecule has 0 amide bonds. The van der Waals surface area contributed by atoms with Crippen molar-refractivity contribution in [2.45, 2.75) is 56.4 Å². The highest BCUT2D eigenvalue weighted by atomic mass is 35.5. The van der Waals surface area contributed by atoms with E-state index in [4.69, 9.17) is 11.6 Å². The monoisotopic (exact) mass is 507 g/mol. The smallest absolute Gasteiger partial charge is 0.309 e. The number of hydrogen-bond acceptors (Lipinski definition) is 2. The maximum atomic E-state index is 14.1. The predicted octanol–water partition coefficient (Wildman–Crippen LogP) is 7.29. The predicted molar refractivity (Wildman–Crippen MR) is 143 cm³/mol. The van der Waals surface area contributed by atoms with Crippen LogP contribution in [0.1, 0.15) is 50.4 Å². The van der Waals surface area contributed by atoms with E-state index in [1.165, 1.54) is 0 Å². The van der Waals surface area contributed by atoms with Crippen molar-refractivity contribution in [2.75, 3.05) is 0 Å². The van der Waals surface area contributed by atoms with Crippen LogP contribution in [0.25, 0.3) is 10.9 Å². The van der Waals surface area contributed by atoms with Crippen molar-refractivity contribution in [1.29, 1.82) is 0 Å². The summed E-state index contributed by atoms with van der Waals surface area (Å²) >= 11 is 4.63. The van der Waals surface area contributed by atoms with Crippen molar-refractivity contribution in [3.8, 4) is 0 Å². The van der Waals surface area contributed by atoms with Crippen LogP contribution in [0, 0.1) is 5.41 Å². The minimum absolute atomic E-state index is 0.246. The van der Waals surface area contributed by atoms with Crippen LogP contribution in [0.2, 0.25) is 5.02 Å². The molecule has 1 aromatic heterocycles. The molecular formula is C29H30ClNO3S. The molecule has 0 spiro atoms. The summed E-state index contributed by atoms with van der Waals surface area (Å²) in [5.41, 5.74) is 2.87. The third-order valence-electron chi connectivity index (χ3n) is 6.40. The van der Waals surface area contributed by atoms with E-state index in [1.807, 2.05) is 54.6 Å². The lowest BCUT2D eigenvalue weighted by Crippen LogP contribution is -2.28. The molecule has 35 heavy (non-hydrogen) atoms. The maximum absolute atomic E-state index is 14.1. The Hall–Kier alpha value is -2.73. The van der Waals surface area contributed by atoms with Crippen LogP contribution in [-0.2, 0) is 28.9 Å². The summed E-state index contributed by atoms with van der Waals surface area (Å²) < 4.78 is 16.2. The Morgan fingerprint density at radius 1 is 1.06 bits per heavy atom. The first kappa shape index (κ1) is 25.4. The first-order valence-electron chi connectivity index (χ1n) is 11.7. The summed E-state index contributed by atoms with van der Waals surface area (Å²) in [4.78, 5) is 13.5. The van der Waals surface area contributed by atoms with Crippen molar-refractivity contribution in [3.63, 3.8) is 0 Å². The van der Waals surface area contributed by atoms with Crippen LogP contribution in [0.15, 0.2) is 82.6 Å². The fraction of sp³-hybridized carbons (Fsp3) is 0.276. The molecule has 4 rings (SSSR count). The van der Waals surface area contributed by atoms with Gasteiger partial charge in [0.1, 0.15) is 0 Å². The summed E-state index contributed by atoms with van der Waals surface area (Å²) in [6.45, 7) is 8.22. The molecule has 1 atom stereocenters. The highest BCUT2D eigenvalue weighted by Crippen LogP contribution is 2.39. The Kier molecular flexibility index (Phi) is 7.32. The number of carboxylic acids is 1. The van der Waals surface area contributed by atoms with Gasteiger partial charge in [-0.25, -0.2) is 0 Å². The molecule has 3 aromatic carbocycles. The van der Waals surface area contributed by atoms with E-state index in [2.05, 4.69) is 36.6 Å². The van der Waals surface area contributed by atoms with E-state index >= 15 is 0 Å². The number of fused-ring (bicyclic) bond motifs is 1. The summed E-state index contributed by atoms with van der Waals surface area (Å²) in [5, 5.41) is 11.5. The normalized spacial score (nSPS) is 12.9. The molecule has 0 aliphatic rings. The third-order valence-corrected chi connectivity index (χ3v) is 8.17.